The van der Waals surface area contributed by atoms with Crippen LogP contribution in [0.5, 0.6) is 0 Å². The first-order valence-corrected chi connectivity index (χ1v) is 37.6. The molecule has 0 spiro atoms. The molecule has 2 atom stereocenters. The van der Waals surface area contributed by atoms with Crippen LogP contribution in [0.1, 0.15) is 425 Å². The minimum absolute atomic E-state index is 0.0176. The van der Waals surface area contributed by atoms with E-state index in [1.807, 2.05) is 0 Å². The Labute approximate surface area is 513 Å². The second-order valence-electron chi connectivity index (χ2n) is 26.0. The number of carbonyl (C=O) groups is 2. The number of esters is 1. The van der Waals surface area contributed by atoms with Gasteiger partial charge >= 0.3 is 5.97 Å². The van der Waals surface area contributed by atoms with E-state index >= 15 is 0 Å². The molecule has 0 radical (unpaired) electrons. The minimum atomic E-state index is -0.664. The van der Waals surface area contributed by atoms with Crippen molar-refractivity contribution in [1.82, 2.24) is 5.32 Å². The molecular weight excluding hydrogens is 1010 g/mol. The number of rotatable bonds is 71. The summed E-state index contributed by atoms with van der Waals surface area (Å²) in [6.07, 6.45) is 91.0. The fourth-order valence-corrected chi connectivity index (χ4v) is 12.0. The zero-order valence-corrected chi connectivity index (χ0v) is 55.8. The average molecular weight is 1160 g/mol. The number of ether oxygens (including phenoxy) is 1. The summed E-state index contributed by atoms with van der Waals surface area (Å²) in [7, 11) is 0. The third-order valence-corrected chi connectivity index (χ3v) is 17.8. The average Bonchev–Trinajstić information content (AvgIpc) is 3.48. The van der Waals surface area contributed by atoms with Crippen molar-refractivity contribution in [3.8, 4) is 0 Å². The number of allylic oxidation sites excluding steroid dienone is 4. The van der Waals surface area contributed by atoms with E-state index in [2.05, 4.69) is 43.5 Å². The van der Waals surface area contributed by atoms with Gasteiger partial charge in [-0.15, -0.1) is 0 Å². The van der Waals surface area contributed by atoms with Gasteiger partial charge in [-0.05, 0) is 57.8 Å². The normalized spacial score (nSPS) is 12.6. The molecule has 82 heavy (non-hydrogen) atoms. The standard InChI is InChI=1S/C76H147NO5/c1-3-5-7-9-11-13-15-17-19-21-37-40-44-48-52-56-60-64-68-74(79)73(72-78)77-75(80)69-65-61-57-53-49-45-41-38-35-33-31-29-27-25-23-22-24-26-28-30-32-34-36-39-43-47-51-55-59-63-67-71-82-76(81)70-66-62-58-54-50-46-42-20-18-16-14-12-10-8-6-4-2/h24,26,30,32,73-74,78-79H,3-23,25,27-29,31,33-72H2,1-2H3,(H,77,80)/b26-24-,32-30-. The molecule has 0 aliphatic rings. The highest BCUT2D eigenvalue weighted by molar-refractivity contribution is 5.76. The van der Waals surface area contributed by atoms with Crippen LogP contribution < -0.4 is 5.32 Å². The van der Waals surface area contributed by atoms with Gasteiger partial charge in [0.1, 0.15) is 0 Å². The van der Waals surface area contributed by atoms with Crippen LogP contribution in [0.25, 0.3) is 0 Å². The van der Waals surface area contributed by atoms with Crippen LogP contribution in [0.2, 0.25) is 0 Å². The number of carbonyl (C=O) groups excluding carboxylic acids is 2. The second-order valence-corrected chi connectivity index (χ2v) is 26.0. The van der Waals surface area contributed by atoms with Crippen LogP contribution in [-0.2, 0) is 14.3 Å². The zero-order chi connectivity index (χ0) is 59.2. The molecule has 0 aromatic rings. The molecule has 6 heteroatoms. The maximum Gasteiger partial charge on any atom is 0.305 e. The maximum absolute atomic E-state index is 12.5. The van der Waals surface area contributed by atoms with Crippen molar-refractivity contribution in [3.63, 3.8) is 0 Å². The Balaban J connectivity index is 3.38. The van der Waals surface area contributed by atoms with Crippen LogP contribution >= 0.6 is 0 Å². The fraction of sp³-hybridized carbons (Fsp3) is 0.921. The van der Waals surface area contributed by atoms with E-state index in [0.717, 1.165) is 44.9 Å². The van der Waals surface area contributed by atoms with Crippen molar-refractivity contribution in [2.75, 3.05) is 13.2 Å². The molecule has 0 saturated heterocycles. The van der Waals surface area contributed by atoms with Crippen molar-refractivity contribution in [1.29, 1.82) is 0 Å². The molecule has 0 fully saturated rings. The molecule has 0 heterocycles. The van der Waals surface area contributed by atoms with Crippen LogP contribution in [0.4, 0.5) is 0 Å². The van der Waals surface area contributed by atoms with Gasteiger partial charge in [-0.1, -0.05) is 378 Å². The molecular formula is C76H147NO5. The lowest BCUT2D eigenvalue weighted by molar-refractivity contribution is -0.143. The Morgan fingerprint density at radius 1 is 0.341 bits per heavy atom. The summed E-state index contributed by atoms with van der Waals surface area (Å²) in [6, 6.07) is -0.541. The number of nitrogens with one attached hydrogen (secondary N) is 1. The van der Waals surface area contributed by atoms with E-state index in [1.165, 1.54) is 347 Å². The molecule has 6 nitrogen and oxygen atoms in total. The SMILES string of the molecule is CCCCCCCCCCCCCCCCCCCCC(O)C(CO)NC(=O)CCCCCCCCCCCCCCCCC/C=C\C/C=C\CCCCCCCCCCCOC(=O)CCCCCCCCCCCCCCCCCC. The molecule has 486 valence electrons. The number of aliphatic hydroxyl groups excluding tert-OH is 2. The van der Waals surface area contributed by atoms with E-state index in [9.17, 15) is 19.8 Å². The first-order chi connectivity index (χ1) is 40.5. The van der Waals surface area contributed by atoms with Crippen LogP contribution in [-0.4, -0.2) is 47.4 Å². The van der Waals surface area contributed by atoms with E-state index < -0.39 is 12.1 Å². The number of unbranched alkanes of at least 4 members (excludes halogenated alkanes) is 56. The van der Waals surface area contributed by atoms with Gasteiger partial charge in [0.2, 0.25) is 5.91 Å². The number of hydrogen-bond donors (Lipinski definition) is 3. The molecule has 3 N–H and O–H groups in total. The molecule has 0 aromatic carbocycles. The second kappa shape index (κ2) is 71.8. The number of amides is 1. The van der Waals surface area contributed by atoms with Gasteiger partial charge in [0, 0.05) is 12.8 Å². The first kappa shape index (κ1) is 80.3. The Morgan fingerprint density at radius 3 is 0.927 bits per heavy atom. The fourth-order valence-electron chi connectivity index (χ4n) is 12.0. The third kappa shape index (κ3) is 67.5. The minimum Gasteiger partial charge on any atom is -0.466 e. The lowest BCUT2D eigenvalue weighted by Crippen LogP contribution is -2.45. The van der Waals surface area contributed by atoms with Crippen LogP contribution in [0.3, 0.4) is 0 Å². The Kier molecular flexibility index (Phi) is 70.4. The van der Waals surface area contributed by atoms with Gasteiger partial charge < -0.3 is 20.3 Å². The summed E-state index contributed by atoms with van der Waals surface area (Å²) in [4.78, 5) is 24.6. The van der Waals surface area contributed by atoms with Crippen molar-refractivity contribution >= 4 is 11.9 Å². The molecule has 0 aromatic heterocycles. The summed E-state index contributed by atoms with van der Waals surface area (Å²) in [5.74, 6) is -0.0126. The van der Waals surface area contributed by atoms with E-state index in [1.54, 1.807) is 0 Å². The molecule has 0 bridgehead atoms. The van der Waals surface area contributed by atoms with Crippen molar-refractivity contribution in [2.24, 2.45) is 0 Å². The quantitative estimate of drug-likeness (QED) is 0.0320. The van der Waals surface area contributed by atoms with Gasteiger partial charge in [0.25, 0.3) is 0 Å². The van der Waals surface area contributed by atoms with Gasteiger partial charge in [-0.25, -0.2) is 0 Å². The zero-order valence-electron chi connectivity index (χ0n) is 55.8. The molecule has 0 rings (SSSR count). The Morgan fingerprint density at radius 2 is 0.610 bits per heavy atom. The monoisotopic (exact) mass is 1150 g/mol. The molecule has 0 aliphatic carbocycles. The largest absolute Gasteiger partial charge is 0.466 e. The van der Waals surface area contributed by atoms with Gasteiger partial charge in [-0.2, -0.15) is 0 Å². The highest BCUT2D eigenvalue weighted by Crippen LogP contribution is 2.19. The van der Waals surface area contributed by atoms with Crippen molar-refractivity contribution in [3.05, 3.63) is 24.3 Å². The van der Waals surface area contributed by atoms with E-state index in [-0.39, 0.29) is 18.5 Å². The predicted molar refractivity (Wildman–Crippen MR) is 361 cm³/mol. The van der Waals surface area contributed by atoms with E-state index in [0.29, 0.717) is 25.9 Å². The maximum atomic E-state index is 12.5. The van der Waals surface area contributed by atoms with Gasteiger partial charge in [0.05, 0.1) is 25.4 Å². The lowest BCUT2D eigenvalue weighted by atomic mass is 10.0. The highest BCUT2D eigenvalue weighted by Gasteiger charge is 2.20. The smallest absolute Gasteiger partial charge is 0.305 e. The summed E-state index contributed by atoms with van der Waals surface area (Å²) >= 11 is 0. The summed E-state index contributed by atoms with van der Waals surface area (Å²) in [5, 5.41) is 23.4. The van der Waals surface area contributed by atoms with Crippen molar-refractivity contribution in [2.45, 2.75) is 437 Å². The Bertz CT molecular complexity index is 1280. The van der Waals surface area contributed by atoms with Gasteiger partial charge in [0.15, 0.2) is 0 Å². The third-order valence-electron chi connectivity index (χ3n) is 17.8. The van der Waals surface area contributed by atoms with E-state index in [4.69, 9.17) is 4.74 Å². The van der Waals surface area contributed by atoms with Gasteiger partial charge in [-0.3, -0.25) is 9.59 Å². The van der Waals surface area contributed by atoms with Crippen LogP contribution in [0, 0.1) is 0 Å². The van der Waals surface area contributed by atoms with Crippen molar-refractivity contribution < 1.29 is 24.5 Å². The number of aliphatic hydroxyl groups is 2. The highest BCUT2D eigenvalue weighted by atomic mass is 16.5. The predicted octanol–water partition coefficient (Wildman–Crippen LogP) is 24.5. The molecule has 2 unspecified atom stereocenters. The molecule has 0 aliphatic heterocycles. The summed E-state index contributed by atoms with van der Waals surface area (Å²) < 4.78 is 5.50. The summed E-state index contributed by atoms with van der Waals surface area (Å²) in [5.41, 5.74) is 0. The molecule has 0 saturated carbocycles. The lowest BCUT2D eigenvalue weighted by Gasteiger charge is -2.22. The molecule has 1 amide bonds. The first-order valence-electron chi connectivity index (χ1n) is 37.6. The topological polar surface area (TPSA) is 95.9 Å². The Hall–Kier alpha value is -1.66. The van der Waals surface area contributed by atoms with Crippen LogP contribution in [0.15, 0.2) is 24.3 Å². The summed E-state index contributed by atoms with van der Waals surface area (Å²) in [6.45, 7) is 5.00. The number of hydrogen-bond acceptors (Lipinski definition) is 5.